The predicted octanol–water partition coefficient (Wildman–Crippen LogP) is 2.35. The Morgan fingerprint density at radius 2 is 2.38 bits per heavy atom. The van der Waals surface area contributed by atoms with Crippen molar-refractivity contribution in [2.24, 2.45) is 0 Å². The van der Waals surface area contributed by atoms with Crippen LogP contribution in [-0.4, -0.2) is 23.5 Å². The Morgan fingerprint density at radius 3 is 3.00 bits per heavy atom. The number of halogens is 1. The highest BCUT2D eigenvalue weighted by molar-refractivity contribution is 7.99. The van der Waals surface area contributed by atoms with Crippen molar-refractivity contribution >= 4 is 30.3 Å². The molecule has 2 rings (SSSR count). The SMILES string of the molecule is O=C(NC1CCSC1)c1ccc(F)c(S)c1. The van der Waals surface area contributed by atoms with Gasteiger partial charge in [-0.25, -0.2) is 4.39 Å². The molecule has 1 amide bonds. The summed E-state index contributed by atoms with van der Waals surface area (Å²) in [5, 5.41) is 2.93. The fourth-order valence-electron chi connectivity index (χ4n) is 1.57. The summed E-state index contributed by atoms with van der Waals surface area (Å²) >= 11 is 5.79. The lowest BCUT2D eigenvalue weighted by Crippen LogP contribution is -2.34. The number of nitrogens with one attached hydrogen (secondary N) is 1. The van der Waals surface area contributed by atoms with Crippen LogP contribution in [0.25, 0.3) is 0 Å². The zero-order valence-corrected chi connectivity index (χ0v) is 10.3. The minimum Gasteiger partial charge on any atom is -0.348 e. The standard InChI is InChI=1S/C11H12FNOS2/c12-9-2-1-7(5-10(9)15)11(14)13-8-3-4-16-6-8/h1-2,5,8,15H,3-4,6H2,(H,13,14). The van der Waals surface area contributed by atoms with Gasteiger partial charge in [-0.1, -0.05) is 0 Å². The topological polar surface area (TPSA) is 29.1 Å². The maximum atomic E-state index is 13.0. The first-order valence-corrected chi connectivity index (χ1v) is 6.64. The Labute approximate surface area is 103 Å². The van der Waals surface area contributed by atoms with E-state index < -0.39 is 5.82 Å². The van der Waals surface area contributed by atoms with Crippen molar-refractivity contribution in [2.75, 3.05) is 11.5 Å². The van der Waals surface area contributed by atoms with Crippen LogP contribution in [0.5, 0.6) is 0 Å². The van der Waals surface area contributed by atoms with Gasteiger partial charge in [0.05, 0.1) is 0 Å². The number of hydrogen-bond donors (Lipinski definition) is 2. The van der Waals surface area contributed by atoms with E-state index in [1.54, 1.807) is 0 Å². The summed E-state index contributed by atoms with van der Waals surface area (Å²) in [5.41, 5.74) is 0.461. The third kappa shape index (κ3) is 2.71. The zero-order valence-electron chi connectivity index (χ0n) is 8.57. The Bertz CT molecular complexity index is 405. The Balaban J connectivity index is 2.05. The van der Waals surface area contributed by atoms with Crippen molar-refractivity contribution in [3.63, 3.8) is 0 Å². The minimum atomic E-state index is -0.406. The summed E-state index contributed by atoms with van der Waals surface area (Å²) < 4.78 is 13.0. The monoisotopic (exact) mass is 257 g/mol. The fraction of sp³-hybridized carbons (Fsp3) is 0.364. The Hall–Kier alpha value is -0.680. The summed E-state index contributed by atoms with van der Waals surface area (Å²) in [6.45, 7) is 0. The van der Waals surface area contributed by atoms with Gasteiger partial charge in [-0.2, -0.15) is 11.8 Å². The average molecular weight is 257 g/mol. The summed E-state index contributed by atoms with van der Waals surface area (Å²) in [6, 6.07) is 4.44. The van der Waals surface area contributed by atoms with Gasteiger partial charge in [0.25, 0.3) is 5.91 Å². The van der Waals surface area contributed by atoms with E-state index in [0.29, 0.717) is 5.56 Å². The highest BCUT2D eigenvalue weighted by atomic mass is 32.2. The van der Waals surface area contributed by atoms with Gasteiger partial charge in [-0.3, -0.25) is 4.79 Å². The third-order valence-electron chi connectivity index (χ3n) is 2.47. The predicted molar refractivity (Wildman–Crippen MR) is 66.8 cm³/mol. The summed E-state index contributed by atoms with van der Waals surface area (Å²) in [6.07, 6.45) is 1.01. The average Bonchev–Trinajstić information content (AvgIpc) is 2.74. The summed E-state index contributed by atoms with van der Waals surface area (Å²) in [7, 11) is 0. The van der Waals surface area contributed by atoms with E-state index in [-0.39, 0.29) is 16.8 Å². The molecule has 2 nitrogen and oxygen atoms in total. The molecule has 16 heavy (non-hydrogen) atoms. The second-order valence-corrected chi connectivity index (χ2v) is 5.33. The molecule has 1 aromatic rings. The Kier molecular flexibility index (Phi) is 3.76. The van der Waals surface area contributed by atoms with Crippen LogP contribution in [0.3, 0.4) is 0 Å². The highest BCUT2D eigenvalue weighted by Crippen LogP contribution is 2.18. The van der Waals surface area contributed by atoms with Gasteiger partial charge in [0.1, 0.15) is 5.82 Å². The number of hydrogen-bond acceptors (Lipinski definition) is 3. The number of rotatable bonds is 2. The van der Waals surface area contributed by atoms with Crippen LogP contribution >= 0.6 is 24.4 Å². The number of amides is 1. The molecule has 1 N–H and O–H groups in total. The zero-order chi connectivity index (χ0) is 11.5. The molecule has 1 aliphatic rings. The summed E-state index contributed by atoms with van der Waals surface area (Å²) in [5.74, 6) is 1.49. The lowest BCUT2D eigenvalue weighted by atomic mass is 10.2. The van der Waals surface area contributed by atoms with Crippen molar-refractivity contribution in [1.82, 2.24) is 5.32 Å². The molecule has 1 unspecified atom stereocenters. The fourth-order valence-corrected chi connectivity index (χ4v) is 2.94. The van der Waals surface area contributed by atoms with E-state index in [1.807, 2.05) is 11.8 Å². The molecule has 0 bridgehead atoms. The largest absolute Gasteiger partial charge is 0.348 e. The molecule has 86 valence electrons. The maximum absolute atomic E-state index is 13.0. The number of benzene rings is 1. The molecule has 1 aliphatic heterocycles. The number of thiol groups is 1. The first kappa shape index (κ1) is 11.8. The van der Waals surface area contributed by atoms with E-state index in [4.69, 9.17) is 0 Å². The molecule has 1 saturated heterocycles. The molecule has 0 saturated carbocycles. The molecule has 1 aromatic carbocycles. The van der Waals surface area contributed by atoms with Crippen molar-refractivity contribution in [3.8, 4) is 0 Å². The van der Waals surface area contributed by atoms with Gasteiger partial charge < -0.3 is 5.32 Å². The van der Waals surface area contributed by atoms with Crippen LogP contribution in [0.4, 0.5) is 4.39 Å². The van der Waals surface area contributed by atoms with Crippen molar-refractivity contribution in [3.05, 3.63) is 29.6 Å². The van der Waals surface area contributed by atoms with Crippen LogP contribution in [0.1, 0.15) is 16.8 Å². The van der Waals surface area contributed by atoms with Crippen molar-refractivity contribution in [2.45, 2.75) is 17.4 Å². The lowest BCUT2D eigenvalue weighted by Gasteiger charge is -2.11. The van der Waals surface area contributed by atoms with E-state index in [0.717, 1.165) is 17.9 Å². The molecular formula is C11H12FNOS2. The van der Waals surface area contributed by atoms with Gasteiger partial charge >= 0.3 is 0 Å². The van der Waals surface area contributed by atoms with E-state index in [2.05, 4.69) is 17.9 Å². The van der Waals surface area contributed by atoms with Crippen LogP contribution < -0.4 is 5.32 Å². The molecule has 0 radical (unpaired) electrons. The number of thioether (sulfide) groups is 1. The first-order chi connectivity index (χ1) is 7.66. The van der Waals surface area contributed by atoms with Gasteiger partial charge in [-0.05, 0) is 30.4 Å². The second-order valence-electron chi connectivity index (χ2n) is 3.70. The summed E-state index contributed by atoms with van der Waals surface area (Å²) in [4.78, 5) is 12.0. The first-order valence-electron chi connectivity index (χ1n) is 5.04. The van der Waals surface area contributed by atoms with Crippen LogP contribution in [-0.2, 0) is 0 Å². The molecule has 1 atom stereocenters. The quantitative estimate of drug-likeness (QED) is 0.796. The van der Waals surface area contributed by atoms with Crippen LogP contribution in [0, 0.1) is 5.82 Å². The molecule has 0 aliphatic carbocycles. The second kappa shape index (κ2) is 5.10. The molecule has 1 fully saturated rings. The third-order valence-corrected chi connectivity index (χ3v) is 3.98. The normalized spacial score (nSPS) is 19.8. The molecule has 1 heterocycles. The molecular weight excluding hydrogens is 245 g/mol. The number of carbonyl (C=O) groups excluding carboxylic acids is 1. The number of carbonyl (C=O) groups is 1. The Morgan fingerprint density at radius 1 is 1.56 bits per heavy atom. The van der Waals surface area contributed by atoms with Crippen LogP contribution in [0.15, 0.2) is 23.1 Å². The van der Waals surface area contributed by atoms with Crippen molar-refractivity contribution in [1.29, 1.82) is 0 Å². The smallest absolute Gasteiger partial charge is 0.251 e. The molecule has 0 aromatic heterocycles. The lowest BCUT2D eigenvalue weighted by molar-refractivity contribution is 0.0941. The van der Waals surface area contributed by atoms with Crippen molar-refractivity contribution < 1.29 is 9.18 Å². The van der Waals surface area contributed by atoms with Crippen LogP contribution in [0.2, 0.25) is 0 Å². The van der Waals surface area contributed by atoms with Gasteiger partial charge in [0.2, 0.25) is 0 Å². The molecule has 5 heteroatoms. The minimum absolute atomic E-state index is 0.150. The van der Waals surface area contributed by atoms with E-state index in [1.165, 1.54) is 18.2 Å². The van der Waals surface area contributed by atoms with Gasteiger partial charge in [0, 0.05) is 22.3 Å². The maximum Gasteiger partial charge on any atom is 0.251 e. The van der Waals surface area contributed by atoms with E-state index >= 15 is 0 Å². The van der Waals surface area contributed by atoms with Gasteiger partial charge in [0.15, 0.2) is 0 Å². The van der Waals surface area contributed by atoms with Gasteiger partial charge in [-0.15, -0.1) is 12.6 Å². The molecule has 0 spiro atoms. The van der Waals surface area contributed by atoms with E-state index in [9.17, 15) is 9.18 Å². The highest BCUT2D eigenvalue weighted by Gasteiger charge is 2.18.